The molecule has 1 atom stereocenters. The van der Waals surface area contributed by atoms with Gasteiger partial charge in [-0.05, 0) is 30.2 Å². The number of hydrogen-bond donors (Lipinski definition) is 1. The number of rotatable bonds is 6. The van der Waals surface area contributed by atoms with Crippen LogP contribution in [-0.4, -0.2) is 10.1 Å². The Labute approximate surface area is 153 Å². The van der Waals surface area contributed by atoms with Crippen LogP contribution >= 0.6 is 0 Å². The fraction of sp³-hybridized carbons (Fsp3) is 0.263. The number of alkyl halides is 3. The predicted molar refractivity (Wildman–Crippen MR) is 90.2 cm³/mol. The summed E-state index contributed by atoms with van der Waals surface area (Å²) in [4.78, 5) is 4.28. The molecular weight excluding hydrogens is 362 g/mol. The molecule has 3 rings (SSSR count). The van der Waals surface area contributed by atoms with Crippen molar-refractivity contribution in [3.63, 3.8) is 0 Å². The van der Waals surface area contributed by atoms with Crippen LogP contribution in [0.4, 0.5) is 17.6 Å². The second-order valence-electron chi connectivity index (χ2n) is 6.11. The van der Waals surface area contributed by atoms with Gasteiger partial charge in [-0.2, -0.15) is 18.2 Å². The number of hydrogen-bond acceptors (Lipinski definition) is 4. The zero-order valence-corrected chi connectivity index (χ0v) is 14.4. The summed E-state index contributed by atoms with van der Waals surface area (Å²) in [5.74, 6) is -0.166. The van der Waals surface area contributed by atoms with Crippen LogP contribution in [0.15, 0.2) is 53.1 Å². The van der Waals surface area contributed by atoms with Gasteiger partial charge in [0.1, 0.15) is 5.82 Å². The molecule has 0 aliphatic heterocycles. The summed E-state index contributed by atoms with van der Waals surface area (Å²) in [6.45, 7) is 1.59. The Morgan fingerprint density at radius 2 is 1.85 bits per heavy atom. The topological polar surface area (TPSA) is 51.0 Å². The van der Waals surface area contributed by atoms with Gasteiger partial charge < -0.3 is 9.84 Å². The Hall–Kier alpha value is -2.74. The molecule has 0 saturated carbocycles. The number of halogens is 4. The van der Waals surface area contributed by atoms with Gasteiger partial charge in [0, 0.05) is 13.0 Å². The van der Waals surface area contributed by atoms with E-state index >= 15 is 0 Å². The summed E-state index contributed by atoms with van der Waals surface area (Å²) < 4.78 is 57.5. The number of benzene rings is 2. The van der Waals surface area contributed by atoms with E-state index in [1.165, 1.54) is 0 Å². The zero-order valence-electron chi connectivity index (χ0n) is 14.4. The van der Waals surface area contributed by atoms with E-state index in [0.29, 0.717) is 18.3 Å². The standard InChI is InChI=1S/C19H17F4N3O/c1-12(18-25-17(26-27-18)9-13-5-3-2-4-6-13)24-11-14-7-8-15(20)10-16(14)19(21,22)23/h2-8,10,12,24H,9,11H2,1H3. The maximum Gasteiger partial charge on any atom is 0.416 e. The molecule has 1 N–H and O–H groups in total. The number of nitrogens with one attached hydrogen (secondary N) is 1. The largest absolute Gasteiger partial charge is 0.416 e. The molecule has 0 radical (unpaired) electrons. The average Bonchev–Trinajstić information content (AvgIpc) is 3.09. The van der Waals surface area contributed by atoms with Gasteiger partial charge in [-0.15, -0.1) is 0 Å². The Bertz CT molecular complexity index is 893. The van der Waals surface area contributed by atoms with Crippen molar-refractivity contribution in [2.24, 2.45) is 0 Å². The first-order valence-corrected chi connectivity index (χ1v) is 8.28. The highest BCUT2D eigenvalue weighted by atomic mass is 19.4. The molecule has 0 aliphatic carbocycles. The minimum atomic E-state index is -4.63. The molecule has 8 heteroatoms. The average molecular weight is 379 g/mol. The van der Waals surface area contributed by atoms with E-state index in [0.717, 1.165) is 17.7 Å². The first-order valence-electron chi connectivity index (χ1n) is 8.28. The molecule has 0 aliphatic rings. The summed E-state index contributed by atoms with van der Waals surface area (Å²) in [5, 5.41) is 6.81. The fourth-order valence-electron chi connectivity index (χ4n) is 2.61. The summed E-state index contributed by atoms with van der Waals surface area (Å²) in [6.07, 6.45) is -4.14. The van der Waals surface area contributed by atoms with Gasteiger partial charge in [-0.1, -0.05) is 41.6 Å². The van der Waals surface area contributed by atoms with Crippen LogP contribution in [0.3, 0.4) is 0 Å². The molecule has 2 aromatic carbocycles. The van der Waals surface area contributed by atoms with Crippen molar-refractivity contribution >= 4 is 0 Å². The Kier molecular flexibility index (Phi) is 5.55. The lowest BCUT2D eigenvalue weighted by Crippen LogP contribution is -2.21. The number of aromatic nitrogens is 2. The molecule has 4 nitrogen and oxygen atoms in total. The van der Waals surface area contributed by atoms with Crippen LogP contribution in [0.5, 0.6) is 0 Å². The summed E-state index contributed by atoms with van der Waals surface area (Å²) in [7, 11) is 0. The number of nitrogens with zero attached hydrogens (tertiary/aromatic N) is 2. The van der Waals surface area contributed by atoms with Crippen molar-refractivity contribution < 1.29 is 22.1 Å². The maximum absolute atomic E-state index is 13.2. The quantitative estimate of drug-likeness (QED) is 0.633. The third kappa shape index (κ3) is 4.91. The van der Waals surface area contributed by atoms with Crippen molar-refractivity contribution in [1.29, 1.82) is 0 Å². The lowest BCUT2D eigenvalue weighted by molar-refractivity contribution is -0.138. The molecule has 0 amide bonds. The van der Waals surface area contributed by atoms with Crippen molar-refractivity contribution in [2.75, 3.05) is 0 Å². The van der Waals surface area contributed by atoms with Crippen LogP contribution < -0.4 is 5.32 Å². The molecule has 1 unspecified atom stereocenters. The van der Waals surface area contributed by atoms with Crippen molar-refractivity contribution in [1.82, 2.24) is 15.5 Å². The van der Waals surface area contributed by atoms with E-state index in [2.05, 4.69) is 15.5 Å². The van der Waals surface area contributed by atoms with Gasteiger partial charge in [-0.25, -0.2) is 4.39 Å². The lowest BCUT2D eigenvalue weighted by Gasteiger charge is -2.15. The first kappa shape index (κ1) is 19.0. The van der Waals surface area contributed by atoms with Gasteiger partial charge in [0.05, 0.1) is 11.6 Å². The van der Waals surface area contributed by atoms with Gasteiger partial charge in [0.15, 0.2) is 5.82 Å². The Morgan fingerprint density at radius 1 is 1.11 bits per heavy atom. The molecule has 0 fully saturated rings. The van der Waals surface area contributed by atoms with Crippen molar-refractivity contribution in [2.45, 2.75) is 32.1 Å². The molecule has 27 heavy (non-hydrogen) atoms. The minimum Gasteiger partial charge on any atom is -0.338 e. The summed E-state index contributed by atoms with van der Waals surface area (Å²) in [5.41, 5.74) is -0.0381. The van der Waals surface area contributed by atoms with Crippen LogP contribution in [0.1, 0.15) is 41.4 Å². The third-order valence-corrected chi connectivity index (χ3v) is 4.04. The van der Waals surface area contributed by atoms with Gasteiger partial charge in [0.2, 0.25) is 5.89 Å². The molecular formula is C19H17F4N3O. The maximum atomic E-state index is 13.2. The molecule has 0 saturated heterocycles. The van der Waals surface area contributed by atoms with E-state index in [-0.39, 0.29) is 18.0 Å². The molecule has 3 aromatic rings. The molecule has 0 bridgehead atoms. The molecule has 0 spiro atoms. The van der Waals surface area contributed by atoms with Crippen LogP contribution in [0, 0.1) is 5.82 Å². The Morgan fingerprint density at radius 3 is 2.56 bits per heavy atom. The van der Waals surface area contributed by atoms with E-state index < -0.39 is 23.6 Å². The van der Waals surface area contributed by atoms with Crippen molar-refractivity contribution in [3.05, 3.63) is 82.8 Å². The van der Waals surface area contributed by atoms with Gasteiger partial charge in [-0.3, -0.25) is 0 Å². The van der Waals surface area contributed by atoms with Crippen LogP contribution in [-0.2, 0) is 19.1 Å². The second kappa shape index (κ2) is 7.87. The minimum absolute atomic E-state index is 0.0558. The van der Waals surface area contributed by atoms with Gasteiger partial charge in [0.25, 0.3) is 0 Å². The van der Waals surface area contributed by atoms with E-state index in [9.17, 15) is 17.6 Å². The van der Waals surface area contributed by atoms with E-state index in [1.807, 2.05) is 30.3 Å². The normalized spacial score (nSPS) is 12.9. The van der Waals surface area contributed by atoms with Gasteiger partial charge >= 0.3 is 6.18 Å². The first-order chi connectivity index (χ1) is 12.8. The highest BCUT2D eigenvalue weighted by Crippen LogP contribution is 2.32. The lowest BCUT2D eigenvalue weighted by atomic mass is 10.1. The molecule has 1 heterocycles. The third-order valence-electron chi connectivity index (χ3n) is 4.04. The predicted octanol–water partition coefficient (Wildman–Crippen LogP) is 4.67. The van der Waals surface area contributed by atoms with Crippen molar-refractivity contribution in [3.8, 4) is 0 Å². The summed E-state index contributed by atoms with van der Waals surface area (Å²) >= 11 is 0. The van der Waals surface area contributed by atoms with E-state index in [1.54, 1.807) is 6.92 Å². The SMILES string of the molecule is CC(NCc1ccc(F)cc1C(F)(F)F)c1nc(Cc2ccccc2)no1. The molecule has 142 valence electrons. The smallest absolute Gasteiger partial charge is 0.338 e. The van der Waals surface area contributed by atoms with Crippen LogP contribution in [0.25, 0.3) is 0 Å². The Balaban J connectivity index is 1.66. The highest BCUT2D eigenvalue weighted by molar-refractivity contribution is 5.30. The van der Waals surface area contributed by atoms with Crippen LogP contribution in [0.2, 0.25) is 0 Å². The summed E-state index contributed by atoms with van der Waals surface area (Å²) in [6, 6.07) is 11.7. The molecule has 1 aromatic heterocycles. The van der Waals surface area contributed by atoms with E-state index in [4.69, 9.17) is 4.52 Å². The highest BCUT2D eigenvalue weighted by Gasteiger charge is 2.33. The fourth-order valence-corrected chi connectivity index (χ4v) is 2.61. The zero-order chi connectivity index (χ0) is 19.4. The second-order valence-corrected chi connectivity index (χ2v) is 6.11. The monoisotopic (exact) mass is 379 g/mol.